The van der Waals surface area contributed by atoms with Gasteiger partial charge in [-0.1, -0.05) is 42.5 Å². The average molecular weight is 399 g/mol. The number of likely N-dealkylation sites (tertiary alicyclic amines) is 1. The molecule has 1 N–H and O–H groups in total. The summed E-state index contributed by atoms with van der Waals surface area (Å²) in [6.07, 6.45) is 1.54. The van der Waals surface area contributed by atoms with E-state index in [2.05, 4.69) is 11.1 Å². The van der Waals surface area contributed by atoms with E-state index in [1.54, 1.807) is 25.3 Å². The summed E-state index contributed by atoms with van der Waals surface area (Å²) in [5.74, 6) is 0.182. The van der Waals surface area contributed by atoms with Gasteiger partial charge in [0.1, 0.15) is 17.5 Å². The van der Waals surface area contributed by atoms with Crippen LogP contribution in [-0.2, 0) is 0 Å². The van der Waals surface area contributed by atoms with E-state index in [4.69, 9.17) is 4.74 Å². The number of rotatable bonds is 5. The lowest BCUT2D eigenvalue weighted by Crippen LogP contribution is -2.65. The van der Waals surface area contributed by atoms with E-state index >= 15 is 0 Å². The minimum Gasteiger partial charge on any atom is -0.497 e. The fourth-order valence-electron chi connectivity index (χ4n) is 4.01. The normalized spacial score (nSPS) is 20.2. The Labute approximate surface area is 175 Å². The highest BCUT2D eigenvalue weighted by molar-refractivity contribution is 5.94. The second-order valence-corrected chi connectivity index (χ2v) is 7.13. The zero-order valence-corrected chi connectivity index (χ0v) is 16.5. The molecule has 3 aromatic rings. The van der Waals surface area contributed by atoms with Crippen LogP contribution in [0, 0.1) is 11.3 Å². The lowest BCUT2D eigenvalue weighted by atomic mass is 9.75. The molecule has 2 aromatic carbocycles. The number of nitriles is 1. The number of aromatic nitrogens is 1. The molecule has 1 aliphatic rings. The summed E-state index contributed by atoms with van der Waals surface area (Å²) in [4.78, 5) is 18.3. The number of carbonyl (C=O) groups is 1. The van der Waals surface area contributed by atoms with Crippen molar-refractivity contribution >= 4 is 5.91 Å². The number of aliphatic hydroxyl groups is 1. The van der Waals surface area contributed by atoms with Crippen LogP contribution in [0.3, 0.4) is 0 Å². The molecule has 0 radical (unpaired) electrons. The van der Waals surface area contributed by atoms with Crippen LogP contribution in [0.4, 0.5) is 0 Å². The summed E-state index contributed by atoms with van der Waals surface area (Å²) in [7, 11) is 1.63. The van der Waals surface area contributed by atoms with Gasteiger partial charge in [-0.25, -0.2) is 0 Å². The molecule has 1 fully saturated rings. The second kappa shape index (κ2) is 8.36. The van der Waals surface area contributed by atoms with Gasteiger partial charge in [-0.15, -0.1) is 0 Å². The second-order valence-electron chi connectivity index (χ2n) is 7.13. The predicted octanol–water partition coefficient (Wildman–Crippen LogP) is 3.25. The molecule has 1 saturated heterocycles. The van der Waals surface area contributed by atoms with Crippen LogP contribution in [0.25, 0.3) is 11.1 Å². The highest BCUT2D eigenvalue weighted by atomic mass is 16.5. The van der Waals surface area contributed by atoms with Crippen molar-refractivity contribution < 1.29 is 14.6 Å². The van der Waals surface area contributed by atoms with Crippen molar-refractivity contribution in [2.45, 2.75) is 18.0 Å². The van der Waals surface area contributed by atoms with Gasteiger partial charge in [0.25, 0.3) is 5.91 Å². The average Bonchev–Trinajstić information content (AvgIpc) is 2.80. The van der Waals surface area contributed by atoms with E-state index in [0.29, 0.717) is 0 Å². The summed E-state index contributed by atoms with van der Waals surface area (Å²) < 4.78 is 5.29. The summed E-state index contributed by atoms with van der Waals surface area (Å²) in [5, 5.41) is 19.7. The van der Waals surface area contributed by atoms with E-state index in [-0.39, 0.29) is 24.1 Å². The molecule has 2 heterocycles. The van der Waals surface area contributed by atoms with Crippen molar-refractivity contribution in [3.05, 3.63) is 84.2 Å². The van der Waals surface area contributed by atoms with Crippen molar-refractivity contribution in [2.24, 2.45) is 0 Å². The van der Waals surface area contributed by atoms with Crippen molar-refractivity contribution in [2.75, 3.05) is 13.7 Å². The van der Waals surface area contributed by atoms with Gasteiger partial charge in [-0.3, -0.25) is 9.78 Å². The molecule has 3 atom stereocenters. The molecule has 1 amide bonds. The molecule has 4 rings (SSSR count). The lowest BCUT2D eigenvalue weighted by Gasteiger charge is -2.51. The number of methoxy groups -OCH3 is 1. The van der Waals surface area contributed by atoms with Crippen LogP contribution in [0.1, 0.15) is 22.0 Å². The lowest BCUT2D eigenvalue weighted by molar-refractivity contribution is -0.00629. The zero-order chi connectivity index (χ0) is 21.1. The third-order valence-corrected chi connectivity index (χ3v) is 5.55. The summed E-state index contributed by atoms with van der Waals surface area (Å²) in [5.41, 5.74) is 3.23. The summed E-state index contributed by atoms with van der Waals surface area (Å²) in [6, 6.07) is 21.8. The molecular formula is C24H21N3O3. The number of benzene rings is 2. The number of hydrogen-bond donors (Lipinski definition) is 1. The first-order valence-electron chi connectivity index (χ1n) is 9.66. The quantitative estimate of drug-likeness (QED) is 0.712. The molecular weight excluding hydrogens is 378 g/mol. The van der Waals surface area contributed by atoms with Crippen LogP contribution in [0.15, 0.2) is 72.9 Å². The van der Waals surface area contributed by atoms with Crippen LogP contribution in [0.5, 0.6) is 5.75 Å². The van der Waals surface area contributed by atoms with Gasteiger partial charge in [0.05, 0.1) is 25.8 Å². The topological polar surface area (TPSA) is 86.5 Å². The molecule has 0 aliphatic carbocycles. The number of hydrogen-bond acceptors (Lipinski definition) is 5. The van der Waals surface area contributed by atoms with E-state index in [1.807, 2.05) is 48.5 Å². The Hall–Kier alpha value is -3.69. The third kappa shape index (κ3) is 3.40. The molecule has 6 nitrogen and oxygen atoms in total. The smallest absolute Gasteiger partial charge is 0.273 e. The molecule has 1 aliphatic heterocycles. The Morgan fingerprint density at radius 3 is 2.57 bits per heavy atom. The highest BCUT2D eigenvalue weighted by Crippen LogP contribution is 2.41. The van der Waals surface area contributed by atoms with Gasteiger partial charge >= 0.3 is 0 Å². The van der Waals surface area contributed by atoms with Crippen LogP contribution < -0.4 is 4.74 Å². The minimum absolute atomic E-state index is 0.223. The van der Waals surface area contributed by atoms with E-state index in [1.165, 1.54) is 11.1 Å². The van der Waals surface area contributed by atoms with Crippen molar-refractivity contribution in [1.82, 2.24) is 9.88 Å². The number of nitrogens with zero attached hydrogens (tertiary/aromatic N) is 3. The standard InChI is InChI=1S/C24H21N3O3/c1-30-19-6-4-5-18(13-19)16-8-10-17(11-9-16)23-21(14-25)27(22(23)15-28)24(29)20-7-2-3-12-26-20/h2-13,21-23,28H,15H2,1H3/t21-,22+,23+/m0/s1. The fourth-order valence-corrected chi connectivity index (χ4v) is 4.01. The molecule has 6 heteroatoms. The first-order valence-corrected chi connectivity index (χ1v) is 9.66. The van der Waals surface area contributed by atoms with E-state index in [9.17, 15) is 15.2 Å². The van der Waals surface area contributed by atoms with E-state index in [0.717, 1.165) is 22.4 Å². The van der Waals surface area contributed by atoms with Crippen LogP contribution in [-0.4, -0.2) is 46.7 Å². The fraction of sp³-hybridized carbons (Fsp3) is 0.208. The Morgan fingerprint density at radius 2 is 1.93 bits per heavy atom. The Bertz CT molecular complexity index is 1080. The zero-order valence-electron chi connectivity index (χ0n) is 16.5. The van der Waals surface area contributed by atoms with Crippen molar-refractivity contribution in [1.29, 1.82) is 5.26 Å². The largest absolute Gasteiger partial charge is 0.497 e. The van der Waals surface area contributed by atoms with Gasteiger partial charge in [-0.05, 0) is 41.0 Å². The number of aliphatic hydroxyl groups excluding tert-OH is 1. The summed E-state index contributed by atoms with van der Waals surface area (Å²) >= 11 is 0. The van der Waals surface area contributed by atoms with Gasteiger partial charge in [0.15, 0.2) is 0 Å². The number of amides is 1. The van der Waals surface area contributed by atoms with Gasteiger partial charge < -0.3 is 14.7 Å². The van der Waals surface area contributed by atoms with Gasteiger partial charge in [0, 0.05) is 12.1 Å². The van der Waals surface area contributed by atoms with Crippen LogP contribution >= 0.6 is 0 Å². The Balaban J connectivity index is 1.59. The Kier molecular flexibility index (Phi) is 5.46. The third-order valence-electron chi connectivity index (χ3n) is 5.55. The maximum absolute atomic E-state index is 12.8. The molecule has 150 valence electrons. The van der Waals surface area contributed by atoms with Gasteiger partial charge in [0.2, 0.25) is 0 Å². The highest BCUT2D eigenvalue weighted by Gasteiger charge is 2.52. The van der Waals surface area contributed by atoms with Crippen molar-refractivity contribution in [3.63, 3.8) is 0 Å². The first kappa shape index (κ1) is 19.6. The Morgan fingerprint density at radius 1 is 1.13 bits per heavy atom. The molecule has 0 bridgehead atoms. The van der Waals surface area contributed by atoms with E-state index < -0.39 is 12.1 Å². The molecule has 30 heavy (non-hydrogen) atoms. The van der Waals surface area contributed by atoms with Crippen LogP contribution in [0.2, 0.25) is 0 Å². The maximum Gasteiger partial charge on any atom is 0.273 e. The molecule has 1 aromatic heterocycles. The van der Waals surface area contributed by atoms with Crippen molar-refractivity contribution in [3.8, 4) is 22.9 Å². The predicted molar refractivity (Wildman–Crippen MR) is 112 cm³/mol. The molecule has 0 unspecified atom stereocenters. The van der Waals surface area contributed by atoms with Gasteiger partial charge in [-0.2, -0.15) is 5.26 Å². The summed E-state index contributed by atoms with van der Waals surface area (Å²) in [6.45, 7) is -0.223. The minimum atomic E-state index is -0.653. The monoisotopic (exact) mass is 399 g/mol. The number of carbonyl (C=O) groups excluding carboxylic acids is 1. The molecule has 0 spiro atoms. The number of ether oxygens (including phenoxy) is 1. The first-order chi connectivity index (χ1) is 14.7. The maximum atomic E-state index is 12.8. The SMILES string of the molecule is COc1cccc(-c2ccc([C@H]3[C@@H](CO)N(C(=O)c4ccccn4)[C@H]3C#N)cc2)c1. The number of pyridine rings is 1. The molecule has 0 saturated carbocycles.